The molecule has 1 amide bonds. The first-order valence-electron chi connectivity index (χ1n) is 4.36. The van der Waals surface area contributed by atoms with E-state index in [2.05, 4.69) is 15.5 Å². The van der Waals surface area contributed by atoms with E-state index in [0.29, 0.717) is 5.82 Å². The van der Waals surface area contributed by atoms with E-state index in [1.54, 1.807) is 24.3 Å². The number of nitrogens with one attached hydrogen (secondary N) is 2. The number of carbonyl (C=O) groups is 1. The van der Waals surface area contributed by atoms with Gasteiger partial charge in [-0.05, 0) is 12.1 Å². The molecule has 2 aromatic rings. The molecule has 1 aromatic carbocycles. The Labute approximate surface area is 85.8 Å². The van der Waals surface area contributed by atoms with Gasteiger partial charge in [-0.2, -0.15) is 5.10 Å². The third-order valence-corrected chi connectivity index (χ3v) is 1.90. The third-order valence-electron chi connectivity index (χ3n) is 1.90. The molecular weight excluding hydrogens is 194 g/mol. The average molecular weight is 203 g/mol. The molecule has 0 saturated heterocycles. The van der Waals surface area contributed by atoms with Crippen LogP contribution in [0.2, 0.25) is 0 Å². The number of phenolic OH excluding ortho intramolecular Hbond substituents is 1. The van der Waals surface area contributed by atoms with Crippen molar-refractivity contribution in [3.05, 3.63) is 42.1 Å². The third kappa shape index (κ3) is 1.96. The second-order valence-corrected chi connectivity index (χ2v) is 2.94. The molecule has 0 aliphatic heterocycles. The van der Waals surface area contributed by atoms with Crippen LogP contribution in [0.1, 0.15) is 10.4 Å². The van der Waals surface area contributed by atoms with Crippen LogP contribution in [0, 0.1) is 0 Å². The van der Waals surface area contributed by atoms with Crippen LogP contribution in [0.25, 0.3) is 0 Å². The summed E-state index contributed by atoms with van der Waals surface area (Å²) >= 11 is 0. The molecule has 0 unspecified atom stereocenters. The first kappa shape index (κ1) is 9.26. The van der Waals surface area contributed by atoms with Gasteiger partial charge < -0.3 is 10.4 Å². The van der Waals surface area contributed by atoms with Gasteiger partial charge >= 0.3 is 0 Å². The molecule has 0 aliphatic rings. The first-order valence-corrected chi connectivity index (χ1v) is 4.36. The number of rotatable bonds is 2. The van der Waals surface area contributed by atoms with Crippen molar-refractivity contribution in [2.75, 3.05) is 5.32 Å². The molecule has 5 heteroatoms. The number of aromatic nitrogens is 2. The number of aromatic amines is 1. The lowest BCUT2D eigenvalue weighted by Crippen LogP contribution is -2.12. The van der Waals surface area contributed by atoms with Crippen molar-refractivity contribution in [2.24, 2.45) is 0 Å². The summed E-state index contributed by atoms with van der Waals surface area (Å²) in [6, 6.07) is 7.96. The summed E-state index contributed by atoms with van der Waals surface area (Å²) in [5.74, 6) is 0.0649. The molecular formula is C10H9N3O2. The van der Waals surface area contributed by atoms with E-state index in [1.165, 1.54) is 12.3 Å². The Kier molecular flexibility index (Phi) is 2.37. The van der Waals surface area contributed by atoms with Crippen molar-refractivity contribution in [1.82, 2.24) is 10.2 Å². The number of aromatic hydroxyl groups is 1. The van der Waals surface area contributed by atoms with Gasteiger partial charge in [-0.25, -0.2) is 0 Å². The molecule has 0 radical (unpaired) electrons. The zero-order valence-corrected chi connectivity index (χ0v) is 7.77. The van der Waals surface area contributed by atoms with Crippen LogP contribution in [0.3, 0.4) is 0 Å². The predicted molar refractivity (Wildman–Crippen MR) is 54.6 cm³/mol. The zero-order chi connectivity index (χ0) is 10.7. The van der Waals surface area contributed by atoms with Crippen molar-refractivity contribution in [1.29, 1.82) is 0 Å². The predicted octanol–water partition coefficient (Wildman–Crippen LogP) is 1.37. The van der Waals surface area contributed by atoms with Crippen molar-refractivity contribution in [2.45, 2.75) is 0 Å². The SMILES string of the molecule is O=C(Nc1ccn[nH]1)c1ccccc1O. The monoisotopic (exact) mass is 203 g/mol. The maximum absolute atomic E-state index is 11.6. The highest BCUT2D eigenvalue weighted by Crippen LogP contribution is 2.16. The molecule has 2 rings (SSSR count). The Morgan fingerprint density at radius 2 is 2.13 bits per heavy atom. The van der Waals surface area contributed by atoms with Gasteiger partial charge in [0, 0.05) is 6.07 Å². The van der Waals surface area contributed by atoms with E-state index in [-0.39, 0.29) is 17.2 Å². The summed E-state index contributed by atoms with van der Waals surface area (Å²) in [4.78, 5) is 11.6. The molecule has 0 aliphatic carbocycles. The number of carbonyl (C=O) groups excluding carboxylic acids is 1. The molecule has 0 bridgehead atoms. The van der Waals surface area contributed by atoms with Gasteiger partial charge in [0.1, 0.15) is 11.6 Å². The number of nitrogens with zero attached hydrogens (tertiary/aromatic N) is 1. The topological polar surface area (TPSA) is 78.0 Å². The fraction of sp³-hybridized carbons (Fsp3) is 0. The molecule has 1 aromatic heterocycles. The van der Waals surface area contributed by atoms with Crippen LogP contribution in [-0.2, 0) is 0 Å². The van der Waals surface area contributed by atoms with Gasteiger partial charge in [0.05, 0.1) is 11.8 Å². The molecule has 76 valence electrons. The molecule has 0 spiro atoms. The number of phenols is 1. The van der Waals surface area contributed by atoms with E-state index in [9.17, 15) is 9.90 Å². The second-order valence-electron chi connectivity index (χ2n) is 2.94. The number of hydrogen-bond donors (Lipinski definition) is 3. The number of amides is 1. The van der Waals surface area contributed by atoms with E-state index < -0.39 is 0 Å². The number of para-hydroxylation sites is 1. The lowest BCUT2D eigenvalue weighted by molar-refractivity contribution is 0.102. The van der Waals surface area contributed by atoms with E-state index >= 15 is 0 Å². The van der Waals surface area contributed by atoms with E-state index in [0.717, 1.165) is 0 Å². The number of benzene rings is 1. The lowest BCUT2D eigenvalue weighted by Gasteiger charge is -2.03. The van der Waals surface area contributed by atoms with Crippen molar-refractivity contribution in [3.8, 4) is 5.75 Å². The Bertz CT molecular complexity index is 465. The van der Waals surface area contributed by atoms with Crippen LogP contribution < -0.4 is 5.32 Å². The Morgan fingerprint density at radius 3 is 2.80 bits per heavy atom. The standard InChI is InChI=1S/C10H9N3O2/c14-8-4-2-1-3-7(8)10(15)12-9-5-6-11-13-9/h1-6,14H,(H2,11,12,13,15). The summed E-state index contributed by atoms with van der Waals surface area (Å²) in [5.41, 5.74) is 0.229. The average Bonchev–Trinajstić information content (AvgIpc) is 2.71. The minimum Gasteiger partial charge on any atom is -0.507 e. The largest absolute Gasteiger partial charge is 0.507 e. The van der Waals surface area contributed by atoms with Crippen LogP contribution in [0.5, 0.6) is 5.75 Å². The molecule has 0 fully saturated rings. The normalized spacial score (nSPS) is 9.87. The van der Waals surface area contributed by atoms with Crippen molar-refractivity contribution < 1.29 is 9.90 Å². The van der Waals surface area contributed by atoms with Crippen LogP contribution in [0.15, 0.2) is 36.5 Å². The minimum absolute atomic E-state index is 0.0467. The van der Waals surface area contributed by atoms with Gasteiger partial charge in [-0.1, -0.05) is 12.1 Å². The first-order chi connectivity index (χ1) is 7.27. The van der Waals surface area contributed by atoms with Gasteiger partial charge in [-0.15, -0.1) is 0 Å². The molecule has 15 heavy (non-hydrogen) atoms. The molecule has 3 N–H and O–H groups in total. The van der Waals surface area contributed by atoms with E-state index in [1.807, 2.05) is 0 Å². The van der Waals surface area contributed by atoms with Gasteiger partial charge in [0.25, 0.3) is 5.91 Å². The highest BCUT2D eigenvalue weighted by Gasteiger charge is 2.10. The summed E-state index contributed by atoms with van der Waals surface area (Å²) < 4.78 is 0. The number of anilines is 1. The Hall–Kier alpha value is -2.30. The van der Waals surface area contributed by atoms with Crippen LogP contribution >= 0.6 is 0 Å². The Morgan fingerprint density at radius 1 is 1.33 bits per heavy atom. The quantitative estimate of drug-likeness (QED) is 0.689. The summed E-state index contributed by atoms with van der Waals surface area (Å²) in [6.45, 7) is 0. The maximum Gasteiger partial charge on any atom is 0.260 e. The zero-order valence-electron chi connectivity index (χ0n) is 7.77. The van der Waals surface area contributed by atoms with Crippen molar-refractivity contribution >= 4 is 11.7 Å². The summed E-state index contributed by atoms with van der Waals surface area (Å²) in [7, 11) is 0. The highest BCUT2D eigenvalue weighted by molar-refractivity contribution is 6.05. The summed E-state index contributed by atoms with van der Waals surface area (Å²) in [6.07, 6.45) is 1.53. The maximum atomic E-state index is 11.6. The van der Waals surface area contributed by atoms with Crippen LogP contribution in [-0.4, -0.2) is 21.2 Å². The smallest absolute Gasteiger partial charge is 0.260 e. The summed E-state index contributed by atoms with van der Waals surface area (Å²) in [5, 5.41) is 18.3. The minimum atomic E-state index is -0.377. The fourth-order valence-corrected chi connectivity index (χ4v) is 1.18. The lowest BCUT2D eigenvalue weighted by atomic mass is 10.2. The molecule has 0 atom stereocenters. The van der Waals surface area contributed by atoms with E-state index in [4.69, 9.17) is 0 Å². The molecule has 0 saturated carbocycles. The highest BCUT2D eigenvalue weighted by atomic mass is 16.3. The molecule has 5 nitrogen and oxygen atoms in total. The Balaban J connectivity index is 2.19. The fourth-order valence-electron chi connectivity index (χ4n) is 1.18. The second kappa shape index (κ2) is 3.83. The van der Waals surface area contributed by atoms with Crippen molar-refractivity contribution in [3.63, 3.8) is 0 Å². The number of hydrogen-bond acceptors (Lipinski definition) is 3. The van der Waals surface area contributed by atoms with Gasteiger partial charge in [-0.3, -0.25) is 9.89 Å². The van der Waals surface area contributed by atoms with Gasteiger partial charge in [0.2, 0.25) is 0 Å². The van der Waals surface area contributed by atoms with Gasteiger partial charge in [0.15, 0.2) is 0 Å². The molecule has 1 heterocycles. The number of H-pyrrole nitrogens is 1. The van der Waals surface area contributed by atoms with Crippen LogP contribution in [0.4, 0.5) is 5.82 Å².